The van der Waals surface area contributed by atoms with E-state index in [4.69, 9.17) is 4.74 Å². The molecule has 0 amide bonds. The largest absolute Gasteiger partial charge is 0.496 e. The van der Waals surface area contributed by atoms with Crippen molar-refractivity contribution >= 4 is 9.84 Å². The van der Waals surface area contributed by atoms with Crippen LogP contribution in [0, 0.1) is 0 Å². The van der Waals surface area contributed by atoms with Crippen molar-refractivity contribution in [1.29, 1.82) is 0 Å². The minimum Gasteiger partial charge on any atom is -0.496 e. The number of sulfone groups is 1. The molecule has 2 atom stereocenters. The highest BCUT2D eigenvalue weighted by molar-refractivity contribution is 7.91. The van der Waals surface area contributed by atoms with Gasteiger partial charge in [-0.05, 0) is 18.2 Å². The summed E-state index contributed by atoms with van der Waals surface area (Å²) in [7, 11) is -1.36. The molecule has 2 aromatic rings. The van der Waals surface area contributed by atoms with Gasteiger partial charge in [-0.2, -0.15) is 0 Å². The van der Waals surface area contributed by atoms with E-state index in [1.165, 1.54) is 0 Å². The van der Waals surface area contributed by atoms with E-state index in [9.17, 15) is 8.42 Å². The topological polar surface area (TPSA) is 62.7 Å². The summed E-state index contributed by atoms with van der Waals surface area (Å²) in [5.41, 5.74) is 2.08. The van der Waals surface area contributed by atoms with Crippen LogP contribution in [-0.2, 0) is 22.9 Å². The summed E-state index contributed by atoms with van der Waals surface area (Å²) < 4.78 is 30.3. The van der Waals surface area contributed by atoms with Crippen molar-refractivity contribution in [2.45, 2.75) is 25.2 Å². The number of methoxy groups -OCH3 is 1. The number of rotatable bonds is 5. The Hall–Kier alpha value is -1.96. The second-order valence-corrected chi connectivity index (χ2v) is 9.44. The molecule has 1 aromatic carbocycles. The molecule has 2 saturated heterocycles. The summed E-state index contributed by atoms with van der Waals surface area (Å²) in [6, 6.07) is 13.9. The van der Waals surface area contributed by atoms with E-state index in [0.29, 0.717) is 13.1 Å². The van der Waals surface area contributed by atoms with Crippen molar-refractivity contribution in [2.24, 2.45) is 0 Å². The van der Waals surface area contributed by atoms with Gasteiger partial charge in [0.2, 0.25) is 0 Å². The fourth-order valence-electron chi connectivity index (χ4n) is 4.24. The highest BCUT2D eigenvalue weighted by Crippen LogP contribution is 2.30. The second kappa shape index (κ2) is 7.58. The van der Waals surface area contributed by atoms with Crippen molar-refractivity contribution in [3.8, 4) is 5.75 Å². The molecule has 2 fully saturated rings. The molecule has 0 aliphatic carbocycles. The molecule has 6 nitrogen and oxygen atoms in total. The van der Waals surface area contributed by atoms with E-state index in [1.54, 1.807) is 13.3 Å². The summed E-state index contributed by atoms with van der Waals surface area (Å²) in [5, 5.41) is 0. The number of piperazine rings is 1. The molecule has 1 aromatic heterocycles. The Bertz CT molecular complexity index is 888. The van der Waals surface area contributed by atoms with Gasteiger partial charge in [0.25, 0.3) is 0 Å². The maximum atomic E-state index is 12.4. The van der Waals surface area contributed by atoms with Gasteiger partial charge in [0.05, 0.1) is 24.3 Å². The summed E-state index contributed by atoms with van der Waals surface area (Å²) in [6.45, 7) is 3.07. The highest BCUT2D eigenvalue weighted by atomic mass is 32.2. The number of hydrogen-bond acceptors (Lipinski definition) is 6. The number of hydrogen-bond donors (Lipinski definition) is 0. The average Bonchev–Trinajstić information content (AvgIpc) is 3.01. The molecule has 2 aliphatic rings. The quantitative estimate of drug-likeness (QED) is 0.776. The van der Waals surface area contributed by atoms with Crippen LogP contribution in [0.3, 0.4) is 0 Å². The molecule has 0 N–H and O–H groups in total. The molecule has 0 unspecified atom stereocenters. The van der Waals surface area contributed by atoms with Crippen LogP contribution in [0.5, 0.6) is 5.75 Å². The van der Waals surface area contributed by atoms with E-state index in [2.05, 4.69) is 20.9 Å². The summed E-state index contributed by atoms with van der Waals surface area (Å²) in [6.07, 6.45) is 1.79. The zero-order valence-electron chi connectivity index (χ0n) is 15.5. The summed E-state index contributed by atoms with van der Waals surface area (Å²) in [5.74, 6) is 1.31. The third-order valence-corrected chi connectivity index (χ3v) is 7.26. The normalized spacial score (nSPS) is 25.2. The number of ether oxygens (including phenoxy) is 1. The van der Waals surface area contributed by atoms with Gasteiger partial charge < -0.3 is 4.74 Å². The monoisotopic (exact) mass is 387 g/mol. The molecule has 0 radical (unpaired) electrons. The molecular weight excluding hydrogens is 362 g/mol. The molecule has 0 spiro atoms. The number of fused-ring (bicyclic) bond motifs is 1. The van der Waals surface area contributed by atoms with Gasteiger partial charge >= 0.3 is 0 Å². The molecule has 27 heavy (non-hydrogen) atoms. The van der Waals surface area contributed by atoms with E-state index >= 15 is 0 Å². The van der Waals surface area contributed by atoms with Crippen molar-refractivity contribution in [1.82, 2.24) is 14.8 Å². The number of pyridine rings is 1. The first-order valence-electron chi connectivity index (χ1n) is 9.26. The smallest absolute Gasteiger partial charge is 0.153 e. The van der Waals surface area contributed by atoms with Gasteiger partial charge in [-0.25, -0.2) is 8.42 Å². The Labute approximate surface area is 160 Å². The molecule has 4 rings (SSSR count). The van der Waals surface area contributed by atoms with E-state index < -0.39 is 9.84 Å². The summed E-state index contributed by atoms with van der Waals surface area (Å²) >= 11 is 0. The van der Waals surface area contributed by atoms with Crippen LogP contribution in [-0.4, -0.2) is 67.0 Å². The van der Waals surface area contributed by atoms with Gasteiger partial charge in [-0.1, -0.05) is 24.3 Å². The van der Waals surface area contributed by atoms with Crippen molar-refractivity contribution in [3.05, 3.63) is 59.9 Å². The van der Waals surface area contributed by atoms with Crippen LogP contribution in [0.15, 0.2) is 48.7 Å². The average molecular weight is 388 g/mol. The van der Waals surface area contributed by atoms with Crippen LogP contribution in [0.2, 0.25) is 0 Å². The molecule has 2 aliphatic heterocycles. The number of benzene rings is 1. The molecular formula is C20H25N3O3S. The Kier molecular flexibility index (Phi) is 5.16. The summed E-state index contributed by atoms with van der Waals surface area (Å²) in [4.78, 5) is 9.01. The lowest BCUT2D eigenvalue weighted by Crippen LogP contribution is -2.58. The molecule has 144 valence electrons. The minimum atomic E-state index is -3.03. The third-order valence-electron chi connectivity index (χ3n) is 5.56. The Morgan fingerprint density at radius 1 is 1.00 bits per heavy atom. The van der Waals surface area contributed by atoms with Gasteiger partial charge in [-0.15, -0.1) is 0 Å². The third kappa shape index (κ3) is 4.00. The van der Waals surface area contributed by atoms with Gasteiger partial charge in [-0.3, -0.25) is 14.8 Å². The Balaban J connectivity index is 1.55. The minimum absolute atomic E-state index is 0.0115. The highest BCUT2D eigenvalue weighted by Gasteiger charge is 2.46. The predicted octanol–water partition coefficient (Wildman–Crippen LogP) is 1.57. The van der Waals surface area contributed by atoms with Gasteiger partial charge in [0.1, 0.15) is 5.75 Å². The maximum Gasteiger partial charge on any atom is 0.153 e. The molecule has 3 heterocycles. The first kappa shape index (κ1) is 18.4. The predicted molar refractivity (Wildman–Crippen MR) is 104 cm³/mol. The Morgan fingerprint density at radius 3 is 2.33 bits per heavy atom. The fraction of sp³-hybridized carbons (Fsp3) is 0.450. The van der Waals surface area contributed by atoms with Crippen molar-refractivity contribution < 1.29 is 13.2 Å². The molecule has 0 bridgehead atoms. The van der Waals surface area contributed by atoms with E-state index in [-0.39, 0.29) is 23.6 Å². The lowest BCUT2D eigenvalue weighted by molar-refractivity contribution is 0.0344. The van der Waals surface area contributed by atoms with Gasteiger partial charge in [0.15, 0.2) is 9.84 Å². The van der Waals surface area contributed by atoms with E-state index in [0.717, 1.165) is 30.1 Å². The lowest BCUT2D eigenvalue weighted by Gasteiger charge is -2.44. The second-order valence-electron chi connectivity index (χ2n) is 7.29. The van der Waals surface area contributed by atoms with Crippen LogP contribution in [0.1, 0.15) is 11.3 Å². The maximum absolute atomic E-state index is 12.4. The first-order valence-corrected chi connectivity index (χ1v) is 11.1. The zero-order valence-corrected chi connectivity index (χ0v) is 16.3. The van der Waals surface area contributed by atoms with Crippen molar-refractivity contribution in [2.75, 3.05) is 31.7 Å². The van der Waals surface area contributed by atoms with Gasteiger partial charge in [0, 0.05) is 50.0 Å². The first-order chi connectivity index (χ1) is 13.1. The van der Waals surface area contributed by atoms with Crippen LogP contribution < -0.4 is 4.74 Å². The lowest BCUT2D eigenvalue weighted by atomic mass is 10.0. The fourth-order valence-corrected chi connectivity index (χ4v) is 6.28. The number of nitrogens with zero attached hydrogens (tertiary/aromatic N) is 3. The standard InChI is InChI=1S/C20H25N3O3S/c1-26-20-8-3-2-6-16(20)12-22-10-11-23(13-17-7-4-5-9-21-17)19-15-27(24,25)14-18(19)22/h2-9,18-19H,10-15H2,1H3/t18-,19+/m1/s1. The number of para-hydroxylation sites is 1. The van der Waals surface area contributed by atoms with Crippen LogP contribution in [0.25, 0.3) is 0 Å². The van der Waals surface area contributed by atoms with E-state index in [1.807, 2.05) is 36.4 Å². The molecule has 0 saturated carbocycles. The van der Waals surface area contributed by atoms with Crippen LogP contribution in [0.4, 0.5) is 0 Å². The Morgan fingerprint density at radius 2 is 1.67 bits per heavy atom. The molecule has 7 heteroatoms. The zero-order chi connectivity index (χ0) is 18.9. The van der Waals surface area contributed by atoms with Crippen molar-refractivity contribution in [3.63, 3.8) is 0 Å². The number of aromatic nitrogens is 1. The SMILES string of the molecule is COc1ccccc1CN1CCN(Cc2ccccn2)[C@H]2CS(=O)(=O)C[C@H]21. The van der Waals surface area contributed by atoms with Crippen LogP contribution >= 0.6 is 0 Å².